The minimum atomic E-state index is -0.735. The molecule has 21 heavy (non-hydrogen) atoms. The van der Waals surface area contributed by atoms with Gasteiger partial charge in [-0.05, 0) is 41.5 Å². The fourth-order valence-corrected chi connectivity index (χ4v) is 2.50. The quantitative estimate of drug-likeness (QED) is 0.795. The standard InChI is InChI=1S/C17H14ClNO2/c1-21-16-10-13(4-6-14(16)18)17(20)12-5-7-15-11(9-12)3-2-8-19-15/h2-10,17,20H,1H3. The smallest absolute Gasteiger partial charge is 0.137 e. The van der Waals surface area contributed by atoms with Crippen LogP contribution in [-0.4, -0.2) is 17.2 Å². The third-order valence-corrected chi connectivity index (χ3v) is 3.75. The lowest BCUT2D eigenvalue weighted by Gasteiger charge is -2.14. The van der Waals surface area contributed by atoms with E-state index in [0.29, 0.717) is 10.8 Å². The van der Waals surface area contributed by atoms with Gasteiger partial charge in [0.05, 0.1) is 17.6 Å². The van der Waals surface area contributed by atoms with Crippen molar-refractivity contribution in [1.29, 1.82) is 0 Å². The molecular weight excluding hydrogens is 286 g/mol. The molecule has 1 heterocycles. The lowest BCUT2D eigenvalue weighted by atomic mass is 10.00. The highest BCUT2D eigenvalue weighted by Crippen LogP contribution is 2.31. The van der Waals surface area contributed by atoms with Crippen molar-refractivity contribution in [1.82, 2.24) is 4.98 Å². The molecule has 0 aliphatic rings. The molecule has 0 spiro atoms. The van der Waals surface area contributed by atoms with Gasteiger partial charge in [0.1, 0.15) is 11.9 Å². The molecule has 0 amide bonds. The van der Waals surface area contributed by atoms with Crippen molar-refractivity contribution >= 4 is 22.5 Å². The molecule has 3 rings (SSSR count). The molecule has 1 unspecified atom stereocenters. The van der Waals surface area contributed by atoms with Crippen LogP contribution in [0, 0.1) is 0 Å². The van der Waals surface area contributed by atoms with E-state index in [1.54, 1.807) is 31.5 Å². The summed E-state index contributed by atoms with van der Waals surface area (Å²) in [7, 11) is 1.55. The van der Waals surface area contributed by atoms with Crippen LogP contribution in [0.1, 0.15) is 17.2 Å². The molecule has 0 saturated heterocycles. The second-order valence-corrected chi connectivity index (χ2v) is 5.16. The molecule has 0 radical (unpaired) electrons. The van der Waals surface area contributed by atoms with Crippen LogP contribution in [0.25, 0.3) is 10.9 Å². The Morgan fingerprint density at radius 2 is 1.86 bits per heavy atom. The largest absolute Gasteiger partial charge is 0.495 e. The zero-order valence-corrected chi connectivity index (χ0v) is 12.2. The minimum absolute atomic E-state index is 0.524. The molecule has 0 aliphatic carbocycles. The maximum atomic E-state index is 10.5. The first-order valence-corrected chi connectivity index (χ1v) is 6.93. The van der Waals surface area contributed by atoms with Gasteiger partial charge >= 0.3 is 0 Å². The summed E-state index contributed by atoms with van der Waals surface area (Å²) in [5.74, 6) is 0.552. The zero-order valence-electron chi connectivity index (χ0n) is 11.5. The SMILES string of the molecule is COc1cc(C(O)c2ccc3ncccc3c2)ccc1Cl. The highest BCUT2D eigenvalue weighted by molar-refractivity contribution is 6.32. The van der Waals surface area contributed by atoms with E-state index in [-0.39, 0.29) is 0 Å². The van der Waals surface area contributed by atoms with Gasteiger partial charge in [0.15, 0.2) is 0 Å². The van der Waals surface area contributed by atoms with Gasteiger partial charge < -0.3 is 9.84 Å². The van der Waals surface area contributed by atoms with E-state index < -0.39 is 6.10 Å². The number of rotatable bonds is 3. The molecule has 0 bridgehead atoms. The van der Waals surface area contributed by atoms with Crippen LogP contribution in [-0.2, 0) is 0 Å². The number of pyridine rings is 1. The predicted octanol–water partition coefficient (Wildman–Crippen LogP) is 3.98. The molecule has 2 aromatic carbocycles. The Labute approximate surface area is 127 Å². The van der Waals surface area contributed by atoms with Crippen LogP contribution in [0.3, 0.4) is 0 Å². The number of hydrogen-bond acceptors (Lipinski definition) is 3. The van der Waals surface area contributed by atoms with E-state index in [4.69, 9.17) is 16.3 Å². The van der Waals surface area contributed by atoms with E-state index in [1.165, 1.54) is 0 Å². The van der Waals surface area contributed by atoms with Crippen molar-refractivity contribution < 1.29 is 9.84 Å². The Kier molecular flexibility index (Phi) is 3.78. The summed E-state index contributed by atoms with van der Waals surface area (Å²) in [5, 5.41) is 12.1. The summed E-state index contributed by atoms with van der Waals surface area (Å²) >= 11 is 6.01. The Morgan fingerprint density at radius 3 is 2.67 bits per heavy atom. The van der Waals surface area contributed by atoms with Gasteiger partial charge in [0.25, 0.3) is 0 Å². The number of aliphatic hydroxyl groups is 1. The average molecular weight is 300 g/mol. The topological polar surface area (TPSA) is 42.4 Å². The van der Waals surface area contributed by atoms with Gasteiger partial charge in [-0.15, -0.1) is 0 Å². The van der Waals surface area contributed by atoms with E-state index in [2.05, 4.69) is 4.98 Å². The van der Waals surface area contributed by atoms with E-state index in [9.17, 15) is 5.11 Å². The van der Waals surface area contributed by atoms with E-state index in [0.717, 1.165) is 22.0 Å². The number of benzene rings is 2. The lowest BCUT2D eigenvalue weighted by Crippen LogP contribution is -2.00. The first kappa shape index (κ1) is 13.9. The van der Waals surface area contributed by atoms with Crippen LogP contribution in [0.5, 0.6) is 5.75 Å². The molecule has 106 valence electrons. The Balaban J connectivity index is 2.01. The van der Waals surface area contributed by atoms with Crippen LogP contribution in [0.4, 0.5) is 0 Å². The summed E-state index contributed by atoms with van der Waals surface area (Å²) in [6.07, 6.45) is 1.02. The van der Waals surface area contributed by atoms with Crippen LogP contribution < -0.4 is 4.74 Å². The number of aromatic nitrogens is 1. The first-order valence-electron chi connectivity index (χ1n) is 6.55. The van der Waals surface area contributed by atoms with Crippen LogP contribution >= 0.6 is 11.6 Å². The van der Waals surface area contributed by atoms with E-state index >= 15 is 0 Å². The van der Waals surface area contributed by atoms with E-state index in [1.807, 2.05) is 30.3 Å². The predicted molar refractivity (Wildman–Crippen MR) is 83.8 cm³/mol. The number of nitrogens with zero attached hydrogens (tertiary/aromatic N) is 1. The monoisotopic (exact) mass is 299 g/mol. The minimum Gasteiger partial charge on any atom is -0.495 e. The molecule has 0 saturated carbocycles. The maximum absolute atomic E-state index is 10.5. The second kappa shape index (κ2) is 5.72. The van der Waals surface area contributed by atoms with Crippen molar-refractivity contribution in [2.24, 2.45) is 0 Å². The van der Waals surface area contributed by atoms with Crippen molar-refractivity contribution in [3.8, 4) is 5.75 Å². The molecular formula is C17H14ClNO2. The van der Waals surface area contributed by atoms with Gasteiger partial charge in [0.2, 0.25) is 0 Å². The van der Waals surface area contributed by atoms with Crippen LogP contribution in [0.15, 0.2) is 54.7 Å². The summed E-state index contributed by atoms with van der Waals surface area (Å²) in [6.45, 7) is 0. The zero-order chi connectivity index (χ0) is 14.8. The molecule has 3 nitrogen and oxygen atoms in total. The van der Waals surface area contributed by atoms with Gasteiger partial charge in [-0.1, -0.05) is 29.8 Å². The summed E-state index contributed by atoms with van der Waals surface area (Å²) in [5.41, 5.74) is 2.45. The van der Waals surface area contributed by atoms with Crippen molar-refractivity contribution in [2.45, 2.75) is 6.10 Å². The number of methoxy groups -OCH3 is 1. The van der Waals surface area contributed by atoms with Crippen molar-refractivity contribution in [2.75, 3.05) is 7.11 Å². The highest BCUT2D eigenvalue weighted by atomic mass is 35.5. The number of fused-ring (bicyclic) bond motifs is 1. The number of halogens is 1. The third-order valence-electron chi connectivity index (χ3n) is 3.43. The molecule has 3 aromatic rings. The number of hydrogen-bond donors (Lipinski definition) is 1. The normalized spacial score (nSPS) is 12.3. The summed E-state index contributed by atoms with van der Waals surface area (Å²) in [4.78, 5) is 4.27. The summed E-state index contributed by atoms with van der Waals surface area (Å²) < 4.78 is 5.19. The third kappa shape index (κ3) is 2.71. The van der Waals surface area contributed by atoms with Crippen molar-refractivity contribution in [3.05, 3.63) is 70.9 Å². The highest BCUT2D eigenvalue weighted by Gasteiger charge is 2.13. The Bertz CT molecular complexity index is 789. The van der Waals surface area contributed by atoms with Crippen LogP contribution in [0.2, 0.25) is 5.02 Å². The molecule has 0 fully saturated rings. The van der Waals surface area contributed by atoms with Crippen molar-refractivity contribution in [3.63, 3.8) is 0 Å². The molecule has 1 atom stereocenters. The average Bonchev–Trinajstić information content (AvgIpc) is 2.54. The number of aliphatic hydroxyl groups excluding tert-OH is 1. The summed E-state index contributed by atoms with van der Waals surface area (Å²) in [6, 6.07) is 14.8. The maximum Gasteiger partial charge on any atom is 0.137 e. The first-order chi connectivity index (χ1) is 10.2. The molecule has 1 N–H and O–H groups in total. The molecule has 1 aromatic heterocycles. The molecule has 4 heteroatoms. The van der Waals surface area contributed by atoms with Gasteiger partial charge in [-0.2, -0.15) is 0 Å². The van der Waals surface area contributed by atoms with Gasteiger partial charge in [-0.25, -0.2) is 0 Å². The fraction of sp³-hybridized carbons (Fsp3) is 0.118. The Morgan fingerprint density at radius 1 is 1.10 bits per heavy atom. The molecule has 0 aliphatic heterocycles. The number of ether oxygens (including phenoxy) is 1. The van der Waals surface area contributed by atoms with Gasteiger partial charge in [-0.3, -0.25) is 4.98 Å². The second-order valence-electron chi connectivity index (χ2n) is 4.75. The lowest BCUT2D eigenvalue weighted by molar-refractivity contribution is 0.220. The van der Waals surface area contributed by atoms with Gasteiger partial charge in [0, 0.05) is 11.6 Å². The Hall–Kier alpha value is -2.10. The fourth-order valence-electron chi connectivity index (χ4n) is 2.30.